The molecule has 2 aromatic carbocycles. The number of rotatable bonds is 10. The summed E-state index contributed by atoms with van der Waals surface area (Å²) in [6.07, 6.45) is -0.514. The molecule has 0 amide bonds. The lowest BCUT2D eigenvalue weighted by atomic mass is 9.81. The molecule has 53 heavy (non-hydrogen) atoms. The van der Waals surface area contributed by atoms with Crippen LogP contribution in [-0.2, 0) is 52.5 Å². The number of H-pyrrole nitrogens is 1. The van der Waals surface area contributed by atoms with Crippen LogP contribution in [0.2, 0.25) is 5.02 Å². The van der Waals surface area contributed by atoms with E-state index >= 15 is 0 Å². The van der Waals surface area contributed by atoms with E-state index in [0.29, 0.717) is 36.3 Å². The van der Waals surface area contributed by atoms with E-state index in [1.165, 1.54) is 30.1 Å². The number of halogens is 4. The van der Waals surface area contributed by atoms with Crippen molar-refractivity contribution in [2.45, 2.75) is 55.2 Å². The molecule has 0 radical (unpaired) electrons. The zero-order chi connectivity index (χ0) is 39.6. The van der Waals surface area contributed by atoms with Crippen molar-refractivity contribution in [1.82, 2.24) is 9.78 Å². The van der Waals surface area contributed by atoms with Gasteiger partial charge < -0.3 is 14.7 Å². The summed E-state index contributed by atoms with van der Waals surface area (Å²) in [6.45, 7) is -0.470. The molecule has 1 N–H and O–H groups in total. The lowest BCUT2D eigenvalue weighted by Crippen LogP contribution is -2.35. The first-order valence-electron chi connectivity index (χ1n) is 15.6. The Kier molecular flexibility index (Phi) is 12.4. The predicted molar refractivity (Wildman–Crippen MR) is 183 cm³/mol. The number of aromatic amines is 1. The van der Waals surface area contributed by atoms with E-state index in [1.54, 1.807) is 6.92 Å². The van der Waals surface area contributed by atoms with Crippen LogP contribution in [0.3, 0.4) is 0 Å². The van der Waals surface area contributed by atoms with Crippen molar-refractivity contribution >= 4 is 60.1 Å². The molecule has 14 nitrogen and oxygen atoms in total. The lowest BCUT2D eigenvalue weighted by Gasteiger charge is -2.20. The molecule has 2 aliphatic rings. The number of nitrogens with one attached hydrogen (secondary N) is 1. The van der Waals surface area contributed by atoms with Crippen LogP contribution in [0.1, 0.15) is 68.7 Å². The Labute approximate surface area is 306 Å². The third kappa shape index (κ3) is 9.38. The van der Waals surface area contributed by atoms with Crippen molar-refractivity contribution in [3.63, 3.8) is 0 Å². The molecule has 0 saturated heterocycles. The molecule has 1 fully saturated rings. The number of alkyl halides is 3. The first-order chi connectivity index (χ1) is 24.5. The molecule has 286 valence electrons. The van der Waals surface area contributed by atoms with Crippen LogP contribution in [0.25, 0.3) is 0 Å². The van der Waals surface area contributed by atoms with E-state index in [4.69, 9.17) is 16.4 Å². The molecule has 3 aromatic rings. The monoisotopic (exact) mass is 803 g/mol. The standard InChI is InChI=1S/C17H16ClF3O6S.C16H17N3O5S/c1-28(25,26)13-6-5-9(15(18)10(13)7-27-8-17(19,20)21)16(24)14-11(22)3-2-4-12(14)23;1-9-10(15(20)11-8-17-19(2)16(11)21)4-5-13(25(3,22)23)14(9)12-6-7-24-18-12/h5-6,14H,2-4,7-8H2,1H3;4-5,8,17H,6-7H2,1-3H3. The fraction of sp³-hybridized carbons (Fsp3) is 0.394. The molecule has 1 aromatic heterocycles. The maximum atomic E-state index is 12.8. The molecule has 20 heteroatoms. The lowest BCUT2D eigenvalue weighted by molar-refractivity contribution is -0.176. The Morgan fingerprint density at radius 2 is 1.55 bits per heavy atom. The van der Waals surface area contributed by atoms with Crippen molar-refractivity contribution in [2.24, 2.45) is 18.1 Å². The number of benzene rings is 2. The van der Waals surface area contributed by atoms with E-state index in [1.807, 2.05) is 0 Å². The van der Waals surface area contributed by atoms with Gasteiger partial charge in [0.25, 0.3) is 5.56 Å². The molecule has 1 aliphatic carbocycles. The second kappa shape index (κ2) is 15.9. The second-order valence-electron chi connectivity index (χ2n) is 12.3. The Morgan fingerprint density at radius 1 is 0.962 bits per heavy atom. The number of ether oxygens (including phenoxy) is 1. The quantitative estimate of drug-likeness (QED) is 0.231. The predicted octanol–water partition coefficient (Wildman–Crippen LogP) is 3.72. The van der Waals surface area contributed by atoms with Gasteiger partial charge in [-0.2, -0.15) is 13.2 Å². The van der Waals surface area contributed by atoms with Crippen LogP contribution >= 0.6 is 11.6 Å². The SMILES string of the molecule is CS(=O)(=O)c1ccc(C(=O)C2C(=O)CCCC2=O)c(Cl)c1COCC(F)(F)F.Cc1c(C(=O)c2c[nH]n(C)c2=O)ccc(S(C)(=O)=O)c1C1=NOCC1. The van der Waals surface area contributed by atoms with Crippen molar-refractivity contribution in [2.75, 3.05) is 25.7 Å². The smallest absolute Gasteiger partial charge is 0.395 e. The fourth-order valence-electron chi connectivity index (χ4n) is 5.75. The Balaban J connectivity index is 0.000000238. The summed E-state index contributed by atoms with van der Waals surface area (Å²) in [5, 5.41) is 6.10. The molecule has 5 rings (SSSR count). The van der Waals surface area contributed by atoms with Crippen LogP contribution in [0.4, 0.5) is 13.2 Å². The highest BCUT2D eigenvalue weighted by Gasteiger charge is 2.38. The zero-order valence-corrected chi connectivity index (χ0v) is 31.0. The van der Waals surface area contributed by atoms with Gasteiger partial charge in [0, 0.05) is 67.3 Å². The minimum absolute atomic E-state index is 0.00623. The number of aromatic nitrogens is 2. The van der Waals surface area contributed by atoms with E-state index in [9.17, 15) is 54.0 Å². The van der Waals surface area contributed by atoms with Gasteiger partial charge in [0.05, 0.1) is 27.1 Å². The fourth-order valence-corrected chi connectivity index (χ4v) is 8.00. The van der Waals surface area contributed by atoms with Gasteiger partial charge in [-0.3, -0.25) is 28.7 Å². The summed E-state index contributed by atoms with van der Waals surface area (Å²) in [6, 6.07) is 4.85. The van der Waals surface area contributed by atoms with Crippen LogP contribution in [0.5, 0.6) is 0 Å². The number of ketones is 4. The largest absolute Gasteiger partial charge is 0.411 e. The number of hydrogen-bond donors (Lipinski definition) is 1. The molecule has 0 atom stereocenters. The van der Waals surface area contributed by atoms with Crippen LogP contribution in [-0.4, -0.2) is 87.4 Å². The number of hydrogen-bond acceptors (Lipinski definition) is 12. The summed E-state index contributed by atoms with van der Waals surface area (Å²) in [5.41, 5.74) is 0.470. The van der Waals surface area contributed by atoms with E-state index in [0.717, 1.165) is 24.6 Å². The maximum absolute atomic E-state index is 12.8. The number of carbonyl (C=O) groups excluding carboxylic acids is 4. The van der Waals surface area contributed by atoms with Gasteiger partial charge in [0.1, 0.15) is 24.7 Å². The van der Waals surface area contributed by atoms with Gasteiger partial charge in [0.2, 0.25) is 0 Å². The van der Waals surface area contributed by atoms with Crippen molar-refractivity contribution in [1.29, 1.82) is 0 Å². The normalized spacial score (nSPS) is 15.4. The van der Waals surface area contributed by atoms with E-state index in [-0.39, 0.29) is 40.0 Å². The summed E-state index contributed by atoms with van der Waals surface area (Å²) in [5.74, 6) is -4.06. The number of sulfone groups is 2. The highest BCUT2D eigenvalue weighted by Crippen LogP contribution is 2.33. The third-order valence-corrected chi connectivity index (χ3v) is 11.0. The van der Waals surface area contributed by atoms with Gasteiger partial charge in [-0.25, -0.2) is 16.8 Å². The van der Waals surface area contributed by atoms with Gasteiger partial charge >= 0.3 is 6.18 Å². The highest BCUT2D eigenvalue weighted by atomic mass is 35.5. The van der Waals surface area contributed by atoms with Crippen LogP contribution in [0, 0.1) is 12.8 Å². The number of carbonyl (C=O) groups is 4. The number of aryl methyl sites for hydroxylation is 1. The van der Waals surface area contributed by atoms with Crippen molar-refractivity contribution in [3.8, 4) is 0 Å². The summed E-state index contributed by atoms with van der Waals surface area (Å²) in [7, 11) is -5.92. The highest BCUT2D eigenvalue weighted by molar-refractivity contribution is 7.91. The van der Waals surface area contributed by atoms with Crippen LogP contribution < -0.4 is 5.56 Å². The Bertz CT molecular complexity index is 2300. The number of oxime groups is 1. The molecule has 0 bridgehead atoms. The van der Waals surface area contributed by atoms with Gasteiger partial charge in [-0.05, 0) is 43.2 Å². The van der Waals surface area contributed by atoms with Crippen molar-refractivity contribution < 1.29 is 58.8 Å². The van der Waals surface area contributed by atoms with Crippen LogP contribution in [0.15, 0.2) is 50.2 Å². The van der Waals surface area contributed by atoms with Crippen molar-refractivity contribution in [3.05, 3.63) is 79.2 Å². The minimum atomic E-state index is -4.65. The molecule has 0 unspecified atom stereocenters. The number of nitrogens with zero attached hydrogens (tertiary/aromatic N) is 2. The first-order valence-corrected chi connectivity index (χ1v) is 19.8. The summed E-state index contributed by atoms with van der Waals surface area (Å²) < 4.78 is 90.8. The number of Topliss-reactive ketones (excluding diaryl/α,β-unsaturated/α-hetero) is 3. The molecule has 0 spiro atoms. The molecular weight excluding hydrogens is 771 g/mol. The maximum Gasteiger partial charge on any atom is 0.411 e. The van der Waals surface area contributed by atoms with Gasteiger partial charge in [-0.15, -0.1) is 0 Å². The third-order valence-electron chi connectivity index (χ3n) is 8.28. The molecule has 2 heterocycles. The Morgan fingerprint density at radius 3 is 2.06 bits per heavy atom. The average molecular weight is 804 g/mol. The van der Waals surface area contributed by atoms with E-state index < -0.39 is 83.6 Å². The second-order valence-corrected chi connectivity index (χ2v) is 16.6. The van der Waals surface area contributed by atoms with Gasteiger partial charge in [-0.1, -0.05) is 16.8 Å². The molecule has 1 saturated carbocycles. The van der Waals surface area contributed by atoms with Gasteiger partial charge in [0.15, 0.2) is 42.8 Å². The Hall–Kier alpha value is -4.46. The van der Waals surface area contributed by atoms with E-state index in [2.05, 4.69) is 15.0 Å². The zero-order valence-electron chi connectivity index (χ0n) is 28.6. The first kappa shape index (κ1) is 41.3. The molecular formula is C33H33ClF3N3O11S2. The summed E-state index contributed by atoms with van der Waals surface area (Å²) >= 11 is 6.11. The molecule has 1 aliphatic heterocycles. The summed E-state index contributed by atoms with van der Waals surface area (Å²) in [4.78, 5) is 66.2. The topological polar surface area (TPSA) is 205 Å². The average Bonchev–Trinajstić information content (AvgIpc) is 3.69. The minimum Gasteiger partial charge on any atom is -0.395 e.